The van der Waals surface area contributed by atoms with Gasteiger partial charge in [0.25, 0.3) is 0 Å². The van der Waals surface area contributed by atoms with E-state index in [1.807, 2.05) is 0 Å². The predicted octanol–water partition coefficient (Wildman–Crippen LogP) is 5.15. The molecule has 0 aliphatic rings. The summed E-state index contributed by atoms with van der Waals surface area (Å²) in [7, 11) is 0. The molecule has 0 atom stereocenters. The average Bonchev–Trinajstić information content (AvgIpc) is 2.25. The summed E-state index contributed by atoms with van der Waals surface area (Å²) in [6.45, 7) is 5.06. The summed E-state index contributed by atoms with van der Waals surface area (Å²) < 4.78 is 75.0. The first-order chi connectivity index (χ1) is 8.05. The zero-order valence-electron chi connectivity index (χ0n) is 9.41. The molecule has 1 aromatic carbocycles. The van der Waals surface area contributed by atoms with Gasteiger partial charge in [-0.3, -0.25) is 0 Å². The number of hydrogen-bond donors (Lipinski definition) is 0. The summed E-state index contributed by atoms with van der Waals surface area (Å²) in [5, 5.41) is 0. The minimum absolute atomic E-state index is 0.104. The van der Waals surface area contributed by atoms with Crippen LogP contribution >= 0.6 is 0 Å². The molecule has 6 heteroatoms. The molecule has 100 valence electrons. The highest BCUT2D eigenvalue weighted by Gasteiger charge is 2.36. The van der Waals surface area contributed by atoms with Crippen LogP contribution in [0.15, 0.2) is 24.8 Å². The van der Waals surface area contributed by atoms with Crippen molar-refractivity contribution in [3.63, 3.8) is 0 Å². The Morgan fingerprint density at radius 1 is 0.944 bits per heavy atom. The van der Waals surface area contributed by atoms with Crippen molar-refractivity contribution in [3.05, 3.63) is 41.5 Å². The fourth-order valence-corrected chi connectivity index (χ4v) is 1.36. The molecule has 0 bridgehead atoms. The Balaban J connectivity index is 3.44. The second-order valence-electron chi connectivity index (χ2n) is 3.75. The second-order valence-corrected chi connectivity index (χ2v) is 3.75. The van der Waals surface area contributed by atoms with E-state index in [0.29, 0.717) is 12.1 Å². The van der Waals surface area contributed by atoms with Crippen molar-refractivity contribution in [3.8, 4) is 0 Å². The molecule has 0 nitrogen and oxygen atoms in total. The van der Waals surface area contributed by atoms with E-state index in [1.165, 1.54) is 0 Å². The summed E-state index contributed by atoms with van der Waals surface area (Å²) in [5.74, 6) is 0. The summed E-state index contributed by atoms with van der Waals surface area (Å²) in [5.41, 5.74) is -2.55. The Morgan fingerprint density at radius 2 is 1.33 bits per heavy atom. The highest BCUT2D eigenvalue weighted by molar-refractivity contribution is 5.64. The predicted molar refractivity (Wildman–Crippen MR) is 55.8 cm³/mol. The van der Waals surface area contributed by atoms with Crippen LogP contribution in [0.5, 0.6) is 0 Å². The second kappa shape index (κ2) is 4.66. The van der Waals surface area contributed by atoms with Gasteiger partial charge >= 0.3 is 12.4 Å². The molecule has 1 aromatic rings. The van der Waals surface area contributed by atoms with Gasteiger partial charge in [-0.2, -0.15) is 26.3 Å². The first kappa shape index (κ1) is 14.6. The smallest absolute Gasteiger partial charge is 0.166 e. The maximum Gasteiger partial charge on any atom is 0.416 e. The highest BCUT2D eigenvalue weighted by Crippen LogP contribution is 2.37. The molecule has 0 saturated heterocycles. The lowest BCUT2D eigenvalue weighted by molar-refractivity contribution is -0.143. The number of allylic oxidation sites excluding steroid dienone is 1. The van der Waals surface area contributed by atoms with Crippen LogP contribution in [0.2, 0.25) is 0 Å². The van der Waals surface area contributed by atoms with E-state index in [1.54, 1.807) is 6.92 Å². The van der Waals surface area contributed by atoms with Gasteiger partial charge in [-0.1, -0.05) is 13.5 Å². The van der Waals surface area contributed by atoms with Gasteiger partial charge in [0.1, 0.15) is 0 Å². The molecule has 0 amide bonds. The van der Waals surface area contributed by atoms with Crippen molar-refractivity contribution >= 4 is 5.57 Å². The summed E-state index contributed by atoms with van der Waals surface area (Å²) in [4.78, 5) is 0. The Hall–Kier alpha value is -1.46. The lowest BCUT2D eigenvalue weighted by atomic mass is 9.99. The minimum Gasteiger partial charge on any atom is -0.166 e. The minimum atomic E-state index is -4.82. The van der Waals surface area contributed by atoms with E-state index in [2.05, 4.69) is 6.58 Å². The van der Waals surface area contributed by atoms with Crippen LogP contribution in [0, 0.1) is 0 Å². The molecular weight excluding hydrogens is 258 g/mol. The van der Waals surface area contributed by atoms with Crippen LogP contribution in [0.4, 0.5) is 26.3 Å². The van der Waals surface area contributed by atoms with Crippen molar-refractivity contribution in [1.82, 2.24) is 0 Å². The molecule has 0 radical (unpaired) electrons. The zero-order chi connectivity index (χ0) is 14.1. The number of benzene rings is 1. The molecule has 0 saturated carbocycles. The van der Waals surface area contributed by atoms with E-state index in [0.717, 1.165) is 0 Å². The number of rotatable bonds is 2. The third-order valence-corrected chi connectivity index (χ3v) is 2.42. The van der Waals surface area contributed by atoms with Gasteiger partial charge in [-0.15, -0.1) is 0 Å². The first-order valence-corrected chi connectivity index (χ1v) is 5.03. The van der Waals surface area contributed by atoms with Crippen LogP contribution in [-0.2, 0) is 12.4 Å². The molecule has 1 rings (SSSR count). The van der Waals surface area contributed by atoms with Gasteiger partial charge in [-0.05, 0) is 35.8 Å². The summed E-state index contributed by atoms with van der Waals surface area (Å²) >= 11 is 0. The Kier molecular flexibility index (Phi) is 3.78. The molecule has 18 heavy (non-hydrogen) atoms. The van der Waals surface area contributed by atoms with Crippen LogP contribution in [0.25, 0.3) is 5.57 Å². The fourth-order valence-electron chi connectivity index (χ4n) is 1.36. The number of hydrogen-bond acceptors (Lipinski definition) is 0. The molecule has 0 fully saturated rings. The number of halogens is 6. The molecule has 0 aliphatic carbocycles. The zero-order valence-corrected chi connectivity index (χ0v) is 9.41. The SMILES string of the molecule is C=C(CC)c1cc(C(F)(F)F)cc(C(F)(F)F)c1. The summed E-state index contributed by atoms with van der Waals surface area (Å²) in [6, 6.07) is 1.47. The fraction of sp³-hybridized carbons (Fsp3) is 0.333. The third kappa shape index (κ3) is 3.27. The van der Waals surface area contributed by atoms with Crippen molar-refractivity contribution in [2.45, 2.75) is 25.7 Å². The first-order valence-electron chi connectivity index (χ1n) is 5.03. The molecule has 0 aliphatic heterocycles. The third-order valence-electron chi connectivity index (χ3n) is 2.42. The van der Waals surface area contributed by atoms with Gasteiger partial charge in [0.15, 0.2) is 0 Å². The Labute approximate surface area is 99.9 Å². The lowest BCUT2D eigenvalue weighted by Crippen LogP contribution is -2.11. The molecule has 0 unspecified atom stereocenters. The van der Waals surface area contributed by atoms with E-state index < -0.39 is 23.5 Å². The van der Waals surface area contributed by atoms with Crippen molar-refractivity contribution < 1.29 is 26.3 Å². The van der Waals surface area contributed by atoms with E-state index in [4.69, 9.17) is 0 Å². The van der Waals surface area contributed by atoms with Crippen molar-refractivity contribution in [2.24, 2.45) is 0 Å². The van der Waals surface area contributed by atoms with E-state index >= 15 is 0 Å². The van der Waals surface area contributed by atoms with Crippen LogP contribution < -0.4 is 0 Å². The average molecular weight is 268 g/mol. The van der Waals surface area contributed by atoms with Gasteiger partial charge in [0, 0.05) is 0 Å². The Morgan fingerprint density at radius 3 is 1.61 bits per heavy atom. The van der Waals surface area contributed by atoms with Gasteiger partial charge in [0.05, 0.1) is 11.1 Å². The lowest BCUT2D eigenvalue weighted by Gasteiger charge is -2.14. The molecular formula is C12H10F6. The van der Waals surface area contributed by atoms with Crippen LogP contribution in [-0.4, -0.2) is 0 Å². The van der Waals surface area contributed by atoms with Crippen molar-refractivity contribution in [1.29, 1.82) is 0 Å². The van der Waals surface area contributed by atoms with Crippen LogP contribution in [0.3, 0.4) is 0 Å². The van der Waals surface area contributed by atoms with Gasteiger partial charge in [0.2, 0.25) is 0 Å². The number of alkyl halides is 6. The summed E-state index contributed by atoms with van der Waals surface area (Å²) in [6.07, 6.45) is -9.35. The molecule has 0 N–H and O–H groups in total. The monoisotopic (exact) mass is 268 g/mol. The largest absolute Gasteiger partial charge is 0.416 e. The highest BCUT2D eigenvalue weighted by atomic mass is 19.4. The van der Waals surface area contributed by atoms with E-state index in [-0.39, 0.29) is 23.6 Å². The standard InChI is InChI=1S/C12H10F6/c1-3-7(2)8-4-9(11(13,14)15)6-10(5-8)12(16,17)18/h4-6H,2-3H2,1H3. The van der Waals surface area contributed by atoms with Gasteiger partial charge < -0.3 is 0 Å². The van der Waals surface area contributed by atoms with Gasteiger partial charge in [-0.25, -0.2) is 0 Å². The van der Waals surface area contributed by atoms with Crippen LogP contribution in [0.1, 0.15) is 30.0 Å². The maximum absolute atomic E-state index is 12.5. The Bertz CT molecular complexity index is 420. The maximum atomic E-state index is 12.5. The molecule has 0 heterocycles. The topological polar surface area (TPSA) is 0 Å². The van der Waals surface area contributed by atoms with Crippen molar-refractivity contribution in [2.75, 3.05) is 0 Å². The normalized spacial score (nSPS) is 12.6. The molecule has 0 aromatic heterocycles. The quantitative estimate of drug-likeness (QED) is 0.651. The molecule has 0 spiro atoms. The van der Waals surface area contributed by atoms with E-state index in [9.17, 15) is 26.3 Å².